The van der Waals surface area contributed by atoms with E-state index in [4.69, 9.17) is 11.6 Å². The van der Waals surface area contributed by atoms with Gasteiger partial charge < -0.3 is 0 Å². The van der Waals surface area contributed by atoms with Crippen LogP contribution in [0.15, 0.2) is 24.3 Å². The van der Waals surface area contributed by atoms with Crippen LogP contribution in [0.5, 0.6) is 0 Å². The first kappa shape index (κ1) is 9.49. The number of nitrogens with zero attached hydrogens (tertiary/aromatic N) is 1. The van der Waals surface area contributed by atoms with E-state index < -0.39 is 0 Å². The predicted octanol–water partition coefficient (Wildman–Crippen LogP) is 1.27. The van der Waals surface area contributed by atoms with Gasteiger partial charge in [-0.25, -0.2) is 5.01 Å². The van der Waals surface area contributed by atoms with E-state index in [2.05, 4.69) is 17.6 Å². The highest BCUT2D eigenvalue weighted by molar-refractivity contribution is 6.27. The molecule has 2 rings (SSSR count). The summed E-state index contributed by atoms with van der Waals surface area (Å²) in [5.74, 6) is -0.146. The number of hydrazine groups is 1. The molecular formula is C10H11ClN2O. The monoisotopic (exact) mass is 210 g/mol. The molecule has 0 unspecified atom stereocenters. The van der Waals surface area contributed by atoms with Gasteiger partial charge in [0.05, 0.1) is 0 Å². The van der Waals surface area contributed by atoms with Gasteiger partial charge in [-0.15, -0.1) is 11.6 Å². The van der Waals surface area contributed by atoms with E-state index in [1.54, 1.807) is 0 Å². The van der Waals surface area contributed by atoms with E-state index in [0.717, 1.165) is 13.1 Å². The van der Waals surface area contributed by atoms with Gasteiger partial charge in [0, 0.05) is 13.1 Å². The number of carbonyl (C=O) groups excluding carboxylic acids is 1. The summed E-state index contributed by atoms with van der Waals surface area (Å²) < 4.78 is 0. The van der Waals surface area contributed by atoms with Crippen molar-refractivity contribution in [1.82, 2.24) is 10.4 Å². The van der Waals surface area contributed by atoms with Crippen molar-refractivity contribution in [3.05, 3.63) is 35.4 Å². The molecule has 1 amide bonds. The largest absolute Gasteiger partial charge is 0.287 e. The Kier molecular flexibility index (Phi) is 2.70. The van der Waals surface area contributed by atoms with Crippen molar-refractivity contribution in [2.45, 2.75) is 13.1 Å². The average Bonchev–Trinajstić information content (AvgIpc) is 2.59. The second kappa shape index (κ2) is 3.98. The SMILES string of the molecule is O=C(CCl)NN1Cc2ccccc2C1. The molecular weight excluding hydrogens is 200 g/mol. The topological polar surface area (TPSA) is 32.3 Å². The molecule has 74 valence electrons. The van der Waals surface area contributed by atoms with E-state index in [1.807, 2.05) is 17.1 Å². The van der Waals surface area contributed by atoms with Crippen molar-refractivity contribution in [3.63, 3.8) is 0 Å². The van der Waals surface area contributed by atoms with Gasteiger partial charge >= 0.3 is 0 Å². The Balaban J connectivity index is 2.01. The van der Waals surface area contributed by atoms with E-state index in [-0.39, 0.29) is 11.8 Å². The standard InChI is InChI=1S/C10H11ClN2O/c11-5-10(14)12-13-6-8-3-1-2-4-9(8)7-13/h1-4H,5-7H2,(H,12,14). The number of alkyl halides is 1. The van der Waals surface area contributed by atoms with Crippen molar-refractivity contribution in [2.24, 2.45) is 0 Å². The molecule has 0 aliphatic carbocycles. The maximum atomic E-state index is 11.0. The summed E-state index contributed by atoms with van der Waals surface area (Å²) in [6, 6.07) is 8.15. The third-order valence-corrected chi connectivity index (χ3v) is 2.49. The van der Waals surface area contributed by atoms with E-state index in [1.165, 1.54) is 11.1 Å². The number of carbonyl (C=O) groups is 1. The summed E-state index contributed by atoms with van der Waals surface area (Å²) in [4.78, 5) is 11.0. The fraction of sp³-hybridized carbons (Fsp3) is 0.300. The molecule has 0 aromatic heterocycles. The second-order valence-corrected chi connectivity index (χ2v) is 3.56. The molecule has 1 heterocycles. The Hall–Kier alpha value is -1.06. The quantitative estimate of drug-likeness (QED) is 0.746. The van der Waals surface area contributed by atoms with Crippen molar-refractivity contribution >= 4 is 17.5 Å². The molecule has 4 heteroatoms. The van der Waals surface area contributed by atoms with Gasteiger partial charge in [-0.2, -0.15) is 0 Å². The number of fused-ring (bicyclic) bond motifs is 1. The molecule has 0 saturated heterocycles. The number of rotatable bonds is 2. The molecule has 0 fully saturated rings. The minimum Gasteiger partial charge on any atom is -0.287 e. The fourth-order valence-electron chi connectivity index (χ4n) is 1.62. The molecule has 14 heavy (non-hydrogen) atoms. The maximum absolute atomic E-state index is 11.0. The van der Waals surface area contributed by atoms with E-state index >= 15 is 0 Å². The van der Waals surface area contributed by atoms with Gasteiger partial charge in [-0.05, 0) is 11.1 Å². The van der Waals surface area contributed by atoms with Gasteiger partial charge in [-0.3, -0.25) is 10.2 Å². The molecule has 1 aromatic carbocycles. The Bertz CT molecular complexity index is 329. The molecule has 1 aromatic rings. The lowest BCUT2D eigenvalue weighted by molar-refractivity contribution is -0.123. The third kappa shape index (κ3) is 1.89. The maximum Gasteiger partial charge on any atom is 0.249 e. The average molecular weight is 211 g/mol. The molecule has 0 atom stereocenters. The van der Waals surface area contributed by atoms with Gasteiger partial charge in [0.15, 0.2) is 0 Å². The summed E-state index contributed by atoms with van der Waals surface area (Å²) in [5.41, 5.74) is 5.27. The first-order chi connectivity index (χ1) is 6.79. The predicted molar refractivity (Wildman–Crippen MR) is 54.6 cm³/mol. The first-order valence-corrected chi connectivity index (χ1v) is 5.00. The van der Waals surface area contributed by atoms with Gasteiger partial charge in [-0.1, -0.05) is 24.3 Å². The van der Waals surface area contributed by atoms with Crippen LogP contribution >= 0.6 is 11.6 Å². The van der Waals surface area contributed by atoms with Crippen molar-refractivity contribution in [1.29, 1.82) is 0 Å². The molecule has 3 nitrogen and oxygen atoms in total. The van der Waals surface area contributed by atoms with Gasteiger partial charge in [0.2, 0.25) is 5.91 Å². The third-order valence-electron chi connectivity index (χ3n) is 2.24. The van der Waals surface area contributed by atoms with Gasteiger partial charge in [0.1, 0.15) is 5.88 Å². The van der Waals surface area contributed by atoms with E-state index in [9.17, 15) is 4.79 Å². The summed E-state index contributed by atoms with van der Waals surface area (Å²) in [7, 11) is 0. The molecule has 1 aliphatic heterocycles. The number of hydrogen-bond acceptors (Lipinski definition) is 2. The zero-order valence-corrected chi connectivity index (χ0v) is 8.42. The van der Waals surface area contributed by atoms with Crippen LogP contribution in [-0.2, 0) is 17.9 Å². The number of hydrogen-bond donors (Lipinski definition) is 1. The Morgan fingerprint density at radius 2 is 1.93 bits per heavy atom. The second-order valence-electron chi connectivity index (χ2n) is 3.29. The Labute approximate surface area is 87.6 Å². The lowest BCUT2D eigenvalue weighted by Gasteiger charge is -2.14. The van der Waals surface area contributed by atoms with Crippen LogP contribution in [0.4, 0.5) is 0 Å². The summed E-state index contributed by atoms with van der Waals surface area (Å²) in [6.07, 6.45) is 0. The number of amides is 1. The normalized spacial score (nSPS) is 15.2. The molecule has 1 aliphatic rings. The summed E-state index contributed by atoms with van der Waals surface area (Å²) in [6.45, 7) is 1.53. The van der Waals surface area contributed by atoms with Crippen LogP contribution < -0.4 is 5.43 Å². The number of halogens is 1. The summed E-state index contributed by atoms with van der Waals surface area (Å²) in [5, 5.41) is 1.87. The molecule has 0 saturated carbocycles. The van der Waals surface area contributed by atoms with Gasteiger partial charge in [0.25, 0.3) is 0 Å². The van der Waals surface area contributed by atoms with Crippen LogP contribution in [0.25, 0.3) is 0 Å². The highest BCUT2D eigenvalue weighted by atomic mass is 35.5. The zero-order valence-electron chi connectivity index (χ0n) is 7.66. The minimum absolute atomic E-state index is 0.00679. The number of nitrogens with one attached hydrogen (secondary N) is 1. The van der Waals surface area contributed by atoms with Crippen LogP contribution in [0.1, 0.15) is 11.1 Å². The zero-order chi connectivity index (χ0) is 9.97. The lowest BCUT2D eigenvalue weighted by atomic mass is 10.1. The molecule has 1 N–H and O–H groups in total. The van der Waals surface area contributed by atoms with Crippen LogP contribution in [-0.4, -0.2) is 16.8 Å². The molecule has 0 bridgehead atoms. The van der Waals surface area contributed by atoms with Crippen molar-refractivity contribution in [3.8, 4) is 0 Å². The fourth-order valence-corrected chi connectivity index (χ4v) is 1.68. The Morgan fingerprint density at radius 1 is 1.36 bits per heavy atom. The van der Waals surface area contributed by atoms with Crippen LogP contribution in [0.2, 0.25) is 0 Å². The minimum atomic E-state index is -0.153. The van der Waals surface area contributed by atoms with E-state index in [0.29, 0.717) is 0 Å². The first-order valence-electron chi connectivity index (χ1n) is 4.47. The number of benzene rings is 1. The molecule has 0 spiro atoms. The molecule has 0 radical (unpaired) electrons. The smallest absolute Gasteiger partial charge is 0.249 e. The van der Waals surface area contributed by atoms with Crippen molar-refractivity contribution in [2.75, 3.05) is 5.88 Å². The Morgan fingerprint density at radius 3 is 2.43 bits per heavy atom. The van der Waals surface area contributed by atoms with Crippen LogP contribution in [0.3, 0.4) is 0 Å². The lowest BCUT2D eigenvalue weighted by Crippen LogP contribution is -2.39. The highest BCUT2D eigenvalue weighted by Crippen LogP contribution is 2.19. The summed E-state index contributed by atoms with van der Waals surface area (Å²) >= 11 is 5.40. The highest BCUT2D eigenvalue weighted by Gasteiger charge is 2.18. The van der Waals surface area contributed by atoms with Crippen molar-refractivity contribution < 1.29 is 4.79 Å². The van der Waals surface area contributed by atoms with Crippen LogP contribution in [0, 0.1) is 0 Å².